The van der Waals surface area contributed by atoms with Crippen LogP contribution in [0.3, 0.4) is 0 Å². The molecule has 3 nitrogen and oxygen atoms in total. The minimum atomic E-state index is -2.17. The minimum Gasteiger partial charge on any atom is -0.460 e. The van der Waals surface area contributed by atoms with Crippen LogP contribution in [-0.2, 0) is 14.3 Å². The summed E-state index contributed by atoms with van der Waals surface area (Å²) >= 11 is 0. The van der Waals surface area contributed by atoms with Gasteiger partial charge in [-0.25, -0.2) is 9.18 Å². The fourth-order valence-corrected chi connectivity index (χ4v) is 0.779. The molecule has 82 valence electrons. The average molecular weight is 204 g/mol. The minimum absolute atomic E-state index is 0.409. The van der Waals surface area contributed by atoms with Crippen LogP contribution in [0.15, 0.2) is 0 Å². The van der Waals surface area contributed by atoms with E-state index in [9.17, 15) is 14.0 Å². The summed E-state index contributed by atoms with van der Waals surface area (Å²) in [4.78, 5) is 22.3. The normalized spacial score (nSPS) is 13.9. The van der Waals surface area contributed by atoms with Crippen LogP contribution in [0, 0.1) is 5.41 Å². The maximum absolute atomic E-state index is 13.2. The van der Waals surface area contributed by atoms with Gasteiger partial charge in [0.05, 0.1) is 6.10 Å². The molecule has 0 bridgehead atoms. The number of carbonyl (C=O) groups is 2. The van der Waals surface area contributed by atoms with Crippen molar-refractivity contribution >= 4 is 11.8 Å². The topological polar surface area (TPSA) is 43.4 Å². The number of ketones is 1. The van der Waals surface area contributed by atoms with Crippen LogP contribution >= 0.6 is 0 Å². The number of hydrogen-bond acceptors (Lipinski definition) is 3. The van der Waals surface area contributed by atoms with E-state index < -0.39 is 29.4 Å². The van der Waals surface area contributed by atoms with E-state index in [0.717, 1.165) is 0 Å². The smallest absolute Gasteiger partial charge is 0.348 e. The van der Waals surface area contributed by atoms with Crippen molar-refractivity contribution in [1.82, 2.24) is 0 Å². The Morgan fingerprint density at radius 1 is 1.21 bits per heavy atom. The highest BCUT2D eigenvalue weighted by atomic mass is 19.1. The zero-order valence-corrected chi connectivity index (χ0v) is 9.26. The molecule has 0 spiro atoms. The maximum Gasteiger partial charge on any atom is 0.348 e. The van der Waals surface area contributed by atoms with Gasteiger partial charge in [-0.2, -0.15) is 0 Å². The van der Waals surface area contributed by atoms with E-state index in [1.807, 2.05) is 0 Å². The van der Waals surface area contributed by atoms with E-state index in [-0.39, 0.29) is 0 Å². The van der Waals surface area contributed by atoms with Gasteiger partial charge >= 0.3 is 5.97 Å². The molecule has 14 heavy (non-hydrogen) atoms. The molecule has 1 unspecified atom stereocenters. The third-order valence-corrected chi connectivity index (χ3v) is 1.53. The summed E-state index contributed by atoms with van der Waals surface area (Å²) in [5.74, 6) is -1.84. The van der Waals surface area contributed by atoms with Crippen LogP contribution in [0.5, 0.6) is 0 Å². The van der Waals surface area contributed by atoms with Gasteiger partial charge in [0, 0.05) is 5.41 Å². The SMILES string of the molecule is CC(C)OC(=O)C(F)C(=O)C(C)(C)C. The summed E-state index contributed by atoms with van der Waals surface area (Å²) in [5, 5.41) is 0. The highest BCUT2D eigenvalue weighted by molar-refractivity contribution is 6.04. The van der Waals surface area contributed by atoms with Gasteiger partial charge in [-0.05, 0) is 13.8 Å². The van der Waals surface area contributed by atoms with Gasteiger partial charge in [0.1, 0.15) is 0 Å². The maximum atomic E-state index is 13.2. The molecule has 0 radical (unpaired) electrons. The average Bonchev–Trinajstić information content (AvgIpc) is 1.98. The first-order valence-electron chi connectivity index (χ1n) is 4.55. The summed E-state index contributed by atoms with van der Waals surface area (Å²) in [6.07, 6.45) is -2.58. The van der Waals surface area contributed by atoms with Gasteiger partial charge < -0.3 is 4.74 Å². The Morgan fingerprint density at radius 2 is 1.64 bits per heavy atom. The summed E-state index contributed by atoms with van der Waals surface area (Å²) in [7, 11) is 0. The zero-order chi connectivity index (χ0) is 11.5. The molecule has 0 aromatic carbocycles. The predicted molar refractivity (Wildman–Crippen MR) is 50.6 cm³/mol. The van der Waals surface area contributed by atoms with Crippen LogP contribution in [0.25, 0.3) is 0 Å². The molecular formula is C10H17FO3. The van der Waals surface area contributed by atoms with Crippen molar-refractivity contribution in [2.24, 2.45) is 5.41 Å². The number of ether oxygens (including phenoxy) is 1. The lowest BCUT2D eigenvalue weighted by Gasteiger charge is -2.19. The van der Waals surface area contributed by atoms with Gasteiger partial charge in [-0.3, -0.25) is 4.79 Å². The van der Waals surface area contributed by atoms with Crippen molar-refractivity contribution in [3.8, 4) is 0 Å². The quantitative estimate of drug-likeness (QED) is 0.521. The lowest BCUT2D eigenvalue weighted by atomic mass is 9.88. The zero-order valence-electron chi connectivity index (χ0n) is 9.26. The van der Waals surface area contributed by atoms with Crippen LogP contribution in [0.1, 0.15) is 34.6 Å². The van der Waals surface area contributed by atoms with E-state index in [2.05, 4.69) is 4.74 Å². The number of Topliss-reactive ketones (excluding diaryl/α,β-unsaturated/α-hetero) is 1. The molecular weight excluding hydrogens is 187 g/mol. The fraction of sp³-hybridized carbons (Fsp3) is 0.800. The molecule has 0 rings (SSSR count). The molecule has 0 aliphatic heterocycles. The number of hydrogen-bond donors (Lipinski definition) is 0. The fourth-order valence-electron chi connectivity index (χ4n) is 0.779. The largest absolute Gasteiger partial charge is 0.460 e. The molecule has 0 aromatic rings. The Labute approximate surface area is 83.6 Å². The Morgan fingerprint density at radius 3 is 1.93 bits per heavy atom. The first kappa shape index (κ1) is 13.1. The molecule has 0 saturated heterocycles. The second-order valence-corrected chi connectivity index (χ2v) is 4.46. The predicted octanol–water partition coefficient (Wildman–Crippen LogP) is 1.89. The molecule has 0 fully saturated rings. The lowest BCUT2D eigenvalue weighted by Crippen LogP contribution is -2.37. The van der Waals surface area contributed by atoms with Crippen LogP contribution < -0.4 is 0 Å². The molecule has 0 saturated carbocycles. The molecule has 0 aliphatic carbocycles. The summed E-state index contributed by atoms with van der Waals surface area (Å²) in [5.41, 5.74) is -0.866. The Hall–Kier alpha value is -0.930. The number of alkyl halides is 1. The second-order valence-electron chi connectivity index (χ2n) is 4.46. The van der Waals surface area contributed by atoms with E-state index in [0.29, 0.717) is 0 Å². The Kier molecular flexibility index (Phi) is 4.23. The Balaban J connectivity index is 4.41. The van der Waals surface area contributed by atoms with Gasteiger partial charge in [0.15, 0.2) is 5.78 Å². The van der Waals surface area contributed by atoms with Gasteiger partial charge in [-0.15, -0.1) is 0 Å². The van der Waals surface area contributed by atoms with Crippen LogP contribution in [0.2, 0.25) is 0 Å². The summed E-state index contributed by atoms with van der Waals surface area (Å²) < 4.78 is 17.8. The van der Waals surface area contributed by atoms with Crippen molar-refractivity contribution in [3.63, 3.8) is 0 Å². The van der Waals surface area contributed by atoms with Gasteiger partial charge in [0.2, 0.25) is 0 Å². The monoisotopic (exact) mass is 204 g/mol. The molecule has 0 aliphatic rings. The molecule has 0 aromatic heterocycles. The lowest BCUT2D eigenvalue weighted by molar-refractivity contribution is -0.158. The van der Waals surface area contributed by atoms with Crippen molar-refractivity contribution in [2.45, 2.75) is 46.9 Å². The van der Waals surface area contributed by atoms with Crippen molar-refractivity contribution in [3.05, 3.63) is 0 Å². The summed E-state index contributed by atoms with van der Waals surface area (Å²) in [6.45, 7) is 7.89. The van der Waals surface area contributed by atoms with E-state index in [4.69, 9.17) is 0 Å². The van der Waals surface area contributed by atoms with E-state index in [1.54, 1.807) is 34.6 Å². The molecule has 1 atom stereocenters. The number of carbonyl (C=O) groups excluding carboxylic acids is 2. The second kappa shape index (κ2) is 4.53. The molecule has 0 N–H and O–H groups in total. The van der Waals surface area contributed by atoms with Crippen molar-refractivity contribution in [2.75, 3.05) is 0 Å². The standard InChI is InChI=1S/C10H17FO3/c1-6(2)14-9(13)7(11)8(12)10(3,4)5/h6-7H,1-5H3. The van der Waals surface area contributed by atoms with E-state index >= 15 is 0 Å². The Bertz CT molecular complexity index is 228. The van der Waals surface area contributed by atoms with Crippen molar-refractivity contribution in [1.29, 1.82) is 0 Å². The third kappa shape index (κ3) is 3.85. The molecule has 0 amide bonds. The van der Waals surface area contributed by atoms with Crippen LogP contribution in [0.4, 0.5) is 4.39 Å². The number of esters is 1. The van der Waals surface area contributed by atoms with Gasteiger partial charge in [-0.1, -0.05) is 20.8 Å². The molecule has 0 heterocycles. The summed E-state index contributed by atoms with van der Waals surface area (Å²) in [6, 6.07) is 0. The first-order chi connectivity index (χ1) is 6.16. The van der Waals surface area contributed by atoms with Crippen LogP contribution in [-0.4, -0.2) is 24.0 Å². The number of halogens is 1. The highest BCUT2D eigenvalue weighted by Gasteiger charge is 2.36. The highest BCUT2D eigenvalue weighted by Crippen LogP contribution is 2.19. The van der Waals surface area contributed by atoms with Gasteiger partial charge in [0.25, 0.3) is 6.17 Å². The van der Waals surface area contributed by atoms with E-state index in [1.165, 1.54) is 0 Å². The number of rotatable bonds is 3. The molecule has 4 heteroatoms. The first-order valence-corrected chi connectivity index (χ1v) is 4.55. The van der Waals surface area contributed by atoms with Crippen molar-refractivity contribution < 1.29 is 18.7 Å². The third-order valence-electron chi connectivity index (χ3n) is 1.53.